The molecular weight excluding hydrogens is 372 g/mol. The van der Waals surface area contributed by atoms with E-state index in [1.54, 1.807) is 7.11 Å². The van der Waals surface area contributed by atoms with Gasteiger partial charge in [-0.05, 0) is 54.6 Å². The summed E-state index contributed by atoms with van der Waals surface area (Å²) in [6.45, 7) is 0. The first-order valence-electron chi connectivity index (χ1n) is 8.78. The van der Waals surface area contributed by atoms with Crippen LogP contribution in [0.3, 0.4) is 0 Å². The van der Waals surface area contributed by atoms with Crippen molar-refractivity contribution in [3.8, 4) is 22.8 Å². The van der Waals surface area contributed by atoms with E-state index in [4.69, 9.17) is 31.3 Å². The molecule has 0 atom stereocenters. The van der Waals surface area contributed by atoms with Gasteiger partial charge in [-0.1, -0.05) is 29.8 Å². The van der Waals surface area contributed by atoms with E-state index in [1.807, 2.05) is 77.4 Å². The SMILES string of the molecule is COc1ccc(-c2nc3nc4ccccc4nc3n2-c2cccc(Cl)c2)cc1. The van der Waals surface area contributed by atoms with Crippen LogP contribution in [0.5, 0.6) is 5.75 Å². The Hall–Kier alpha value is -3.44. The molecule has 5 nitrogen and oxygen atoms in total. The van der Waals surface area contributed by atoms with Crippen molar-refractivity contribution in [3.63, 3.8) is 0 Å². The zero-order valence-electron chi connectivity index (χ0n) is 15.0. The average molecular weight is 387 g/mol. The van der Waals surface area contributed by atoms with Crippen LogP contribution in [0.2, 0.25) is 5.02 Å². The molecule has 5 rings (SSSR count). The van der Waals surface area contributed by atoms with Crippen molar-refractivity contribution in [2.75, 3.05) is 7.11 Å². The quantitative estimate of drug-likeness (QED) is 0.422. The van der Waals surface area contributed by atoms with Crippen LogP contribution >= 0.6 is 11.6 Å². The predicted molar refractivity (Wildman–Crippen MR) is 111 cm³/mol. The molecule has 0 amide bonds. The summed E-state index contributed by atoms with van der Waals surface area (Å²) in [7, 11) is 1.65. The van der Waals surface area contributed by atoms with Crippen LogP contribution in [-0.4, -0.2) is 26.6 Å². The summed E-state index contributed by atoms with van der Waals surface area (Å²) < 4.78 is 7.27. The third-order valence-electron chi connectivity index (χ3n) is 4.58. The maximum atomic E-state index is 6.26. The van der Waals surface area contributed by atoms with Crippen molar-refractivity contribution in [2.45, 2.75) is 0 Å². The number of benzene rings is 3. The molecule has 6 heteroatoms. The van der Waals surface area contributed by atoms with E-state index < -0.39 is 0 Å². The normalized spacial score (nSPS) is 11.2. The van der Waals surface area contributed by atoms with Crippen molar-refractivity contribution < 1.29 is 4.74 Å². The number of methoxy groups -OCH3 is 1. The zero-order chi connectivity index (χ0) is 19.1. The molecule has 3 aromatic carbocycles. The highest BCUT2D eigenvalue weighted by atomic mass is 35.5. The van der Waals surface area contributed by atoms with Crippen LogP contribution in [0.25, 0.3) is 39.4 Å². The molecule has 0 bridgehead atoms. The summed E-state index contributed by atoms with van der Waals surface area (Å²) in [5.74, 6) is 1.53. The second-order valence-electron chi connectivity index (χ2n) is 6.34. The van der Waals surface area contributed by atoms with Gasteiger partial charge in [0.2, 0.25) is 0 Å². The number of nitrogens with zero attached hydrogens (tertiary/aromatic N) is 4. The van der Waals surface area contributed by atoms with Gasteiger partial charge in [0, 0.05) is 10.6 Å². The van der Waals surface area contributed by atoms with Gasteiger partial charge in [-0.15, -0.1) is 0 Å². The molecular formula is C22H15ClN4O. The number of rotatable bonds is 3. The van der Waals surface area contributed by atoms with Crippen molar-refractivity contribution in [2.24, 2.45) is 0 Å². The first kappa shape index (κ1) is 16.7. The van der Waals surface area contributed by atoms with Gasteiger partial charge >= 0.3 is 0 Å². The Morgan fingerprint density at radius 2 is 1.57 bits per heavy atom. The highest BCUT2D eigenvalue weighted by Gasteiger charge is 2.17. The molecule has 2 aromatic heterocycles. The number of imidazole rings is 1. The van der Waals surface area contributed by atoms with Crippen LogP contribution in [0, 0.1) is 0 Å². The molecule has 5 aromatic rings. The number of halogens is 1. The van der Waals surface area contributed by atoms with Gasteiger partial charge in [-0.3, -0.25) is 4.57 Å². The Labute approximate surface area is 166 Å². The topological polar surface area (TPSA) is 52.8 Å². The molecule has 28 heavy (non-hydrogen) atoms. The van der Waals surface area contributed by atoms with Crippen molar-refractivity contribution >= 4 is 33.9 Å². The first-order chi connectivity index (χ1) is 13.7. The van der Waals surface area contributed by atoms with E-state index in [0.29, 0.717) is 16.3 Å². The van der Waals surface area contributed by atoms with Gasteiger partial charge in [0.1, 0.15) is 11.6 Å². The molecule has 0 unspecified atom stereocenters. The van der Waals surface area contributed by atoms with Gasteiger partial charge in [-0.25, -0.2) is 15.0 Å². The molecule has 0 N–H and O–H groups in total. The molecule has 0 saturated carbocycles. The van der Waals surface area contributed by atoms with E-state index in [1.165, 1.54) is 0 Å². The Morgan fingerprint density at radius 3 is 2.29 bits per heavy atom. The summed E-state index contributed by atoms with van der Waals surface area (Å²) in [6, 6.07) is 23.2. The average Bonchev–Trinajstić information content (AvgIpc) is 3.10. The van der Waals surface area contributed by atoms with Crippen molar-refractivity contribution in [3.05, 3.63) is 77.8 Å². The smallest absolute Gasteiger partial charge is 0.199 e. The van der Waals surface area contributed by atoms with E-state index in [2.05, 4.69) is 0 Å². The Kier molecular flexibility index (Phi) is 3.95. The van der Waals surface area contributed by atoms with Crippen LogP contribution < -0.4 is 4.74 Å². The lowest BCUT2D eigenvalue weighted by Gasteiger charge is -2.10. The van der Waals surface area contributed by atoms with E-state index in [-0.39, 0.29) is 0 Å². The van der Waals surface area contributed by atoms with Gasteiger partial charge in [0.25, 0.3) is 0 Å². The monoisotopic (exact) mass is 386 g/mol. The highest BCUT2D eigenvalue weighted by Crippen LogP contribution is 2.30. The largest absolute Gasteiger partial charge is 0.497 e. The fourth-order valence-electron chi connectivity index (χ4n) is 3.25. The maximum Gasteiger partial charge on any atom is 0.199 e. The first-order valence-corrected chi connectivity index (χ1v) is 9.16. The number of hydrogen-bond donors (Lipinski definition) is 0. The lowest BCUT2D eigenvalue weighted by atomic mass is 10.2. The zero-order valence-corrected chi connectivity index (χ0v) is 15.8. The lowest BCUT2D eigenvalue weighted by Crippen LogP contribution is -1.99. The Morgan fingerprint density at radius 1 is 0.821 bits per heavy atom. The summed E-state index contributed by atoms with van der Waals surface area (Å²) in [6.07, 6.45) is 0. The molecule has 0 aliphatic heterocycles. The minimum Gasteiger partial charge on any atom is -0.497 e. The summed E-state index contributed by atoms with van der Waals surface area (Å²) >= 11 is 6.26. The summed E-state index contributed by atoms with van der Waals surface area (Å²) in [5.41, 5.74) is 4.72. The van der Waals surface area contributed by atoms with Gasteiger partial charge in [-0.2, -0.15) is 0 Å². The van der Waals surface area contributed by atoms with E-state index in [9.17, 15) is 0 Å². The highest BCUT2D eigenvalue weighted by molar-refractivity contribution is 6.30. The molecule has 0 aliphatic carbocycles. The summed E-state index contributed by atoms with van der Waals surface area (Å²) in [5, 5.41) is 0.647. The molecule has 0 radical (unpaired) electrons. The third-order valence-corrected chi connectivity index (χ3v) is 4.82. The number of para-hydroxylation sites is 2. The van der Waals surface area contributed by atoms with Gasteiger partial charge < -0.3 is 4.74 Å². The predicted octanol–water partition coefficient (Wildman–Crippen LogP) is 5.30. The van der Waals surface area contributed by atoms with Crippen molar-refractivity contribution in [1.29, 1.82) is 0 Å². The number of aromatic nitrogens is 4. The lowest BCUT2D eigenvalue weighted by molar-refractivity contribution is 0.415. The minimum absolute atomic E-state index is 0.587. The van der Waals surface area contributed by atoms with E-state index >= 15 is 0 Å². The maximum absolute atomic E-state index is 6.26. The minimum atomic E-state index is 0.587. The molecule has 136 valence electrons. The number of ether oxygens (including phenoxy) is 1. The van der Waals surface area contributed by atoms with E-state index in [0.717, 1.165) is 33.9 Å². The van der Waals surface area contributed by atoms with Crippen LogP contribution in [0.4, 0.5) is 0 Å². The number of fused-ring (bicyclic) bond motifs is 2. The van der Waals surface area contributed by atoms with Crippen LogP contribution in [0.1, 0.15) is 0 Å². The van der Waals surface area contributed by atoms with Gasteiger partial charge in [0.05, 0.1) is 23.8 Å². The standard InChI is InChI=1S/C22H15ClN4O/c1-28-17-11-9-14(10-12-17)21-26-20-22(25-19-8-3-2-7-18(19)24-20)27(21)16-6-4-5-15(23)13-16/h2-13H,1H3. The molecule has 0 aliphatic rings. The molecule has 0 fully saturated rings. The second kappa shape index (κ2) is 6.62. The number of hydrogen-bond acceptors (Lipinski definition) is 4. The molecule has 0 saturated heterocycles. The Bertz CT molecular complexity index is 1310. The Balaban J connectivity index is 1.84. The third kappa shape index (κ3) is 2.77. The fourth-order valence-corrected chi connectivity index (χ4v) is 3.44. The van der Waals surface area contributed by atoms with Crippen LogP contribution in [-0.2, 0) is 0 Å². The fraction of sp³-hybridized carbons (Fsp3) is 0.0455. The molecule has 2 heterocycles. The summed E-state index contributed by atoms with van der Waals surface area (Å²) in [4.78, 5) is 14.3. The van der Waals surface area contributed by atoms with Crippen LogP contribution in [0.15, 0.2) is 72.8 Å². The van der Waals surface area contributed by atoms with Gasteiger partial charge in [0.15, 0.2) is 11.3 Å². The molecule has 0 spiro atoms. The second-order valence-corrected chi connectivity index (χ2v) is 6.78. The van der Waals surface area contributed by atoms with Crippen molar-refractivity contribution in [1.82, 2.24) is 19.5 Å².